The summed E-state index contributed by atoms with van der Waals surface area (Å²) in [6.45, 7) is 2.71. The molecule has 3 nitrogen and oxygen atoms in total. The molecule has 3 heteroatoms. The number of hydrogen-bond acceptors (Lipinski definition) is 3. The molecular formula is C21H22N2O. The zero-order valence-corrected chi connectivity index (χ0v) is 13.8. The third-order valence-corrected chi connectivity index (χ3v) is 4.69. The summed E-state index contributed by atoms with van der Waals surface area (Å²) in [5, 5.41) is 1.20. The van der Waals surface area contributed by atoms with Gasteiger partial charge in [0, 0.05) is 30.4 Å². The quantitative estimate of drug-likeness (QED) is 0.725. The average molecular weight is 318 g/mol. The van der Waals surface area contributed by atoms with E-state index < -0.39 is 0 Å². The lowest BCUT2D eigenvalue weighted by Gasteiger charge is -2.34. The molecule has 2 heterocycles. The number of rotatable bonds is 4. The SMILES string of the molecule is c1ccc(CCC2CN(c3ccc4ncccc4c3)CCO2)cc1. The fraction of sp³-hybridized carbons (Fsp3) is 0.286. The Morgan fingerprint density at radius 2 is 1.96 bits per heavy atom. The number of hydrogen-bond donors (Lipinski definition) is 0. The van der Waals surface area contributed by atoms with Crippen LogP contribution in [0, 0.1) is 0 Å². The normalized spacial score (nSPS) is 18.0. The van der Waals surface area contributed by atoms with Crippen LogP contribution in [-0.4, -0.2) is 30.8 Å². The Hall–Kier alpha value is -2.39. The van der Waals surface area contributed by atoms with Gasteiger partial charge < -0.3 is 9.64 Å². The van der Waals surface area contributed by atoms with E-state index in [1.54, 1.807) is 0 Å². The molecule has 2 aromatic carbocycles. The van der Waals surface area contributed by atoms with Crippen molar-refractivity contribution in [1.29, 1.82) is 0 Å². The molecule has 1 unspecified atom stereocenters. The highest BCUT2D eigenvalue weighted by Crippen LogP contribution is 2.23. The lowest BCUT2D eigenvalue weighted by atomic mass is 10.1. The van der Waals surface area contributed by atoms with E-state index >= 15 is 0 Å². The second-order valence-corrected chi connectivity index (χ2v) is 6.34. The van der Waals surface area contributed by atoms with E-state index in [0.717, 1.165) is 38.1 Å². The van der Waals surface area contributed by atoms with Crippen LogP contribution in [-0.2, 0) is 11.2 Å². The minimum Gasteiger partial charge on any atom is -0.375 e. The lowest BCUT2D eigenvalue weighted by Crippen LogP contribution is -2.42. The molecule has 0 aliphatic carbocycles. The second-order valence-electron chi connectivity index (χ2n) is 6.34. The Morgan fingerprint density at radius 1 is 1.04 bits per heavy atom. The average Bonchev–Trinajstić information content (AvgIpc) is 2.67. The molecular weight excluding hydrogens is 296 g/mol. The monoisotopic (exact) mass is 318 g/mol. The van der Waals surface area contributed by atoms with Gasteiger partial charge in [-0.1, -0.05) is 36.4 Å². The summed E-state index contributed by atoms with van der Waals surface area (Å²) in [6.07, 6.45) is 4.27. The van der Waals surface area contributed by atoms with Crippen LogP contribution >= 0.6 is 0 Å². The number of pyridine rings is 1. The zero-order chi connectivity index (χ0) is 16.2. The Bertz CT molecular complexity index is 803. The molecule has 1 saturated heterocycles. The van der Waals surface area contributed by atoms with Gasteiger partial charge in [0.15, 0.2) is 0 Å². The van der Waals surface area contributed by atoms with Crippen molar-refractivity contribution in [2.24, 2.45) is 0 Å². The number of aryl methyl sites for hydroxylation is 1. The predicted octanol–water partition coefficient (Wildman–Crippen LogP) is 4.07. The molecule has 0 radical (unpaired) electrons. The first-order valence-corrected chi connectivity index (χ1v) is 8.64. The van der Waals surface area contributed by atoms with Gasteiger partial charge in [0.2, 0.25) is 0 Å². The Balaban J connectivity index is 1.43. The third kappa shape index (κ3) is 3.41. The van der Waals surface area contributed by atoms with E-state index in [-0.39, 0.29) is 0 Å². The van der Waals surface area contributed by atoms with Gasteiger partial charge in [-0.15, -0.1) is 0 Å². The maximum Gasteiger partial charge on any atom is 0.0754 e. The first-order valence-electron chi connectivity index (χ1n) is 8.64. The van der Waals surface area contributed by atoms with Gasteiger partial charge in [-0.3, -0.25) is 4.98 Å². The molecule has 0 saturated carbocycles. The van der Waals surface area contributed by atoms with Gasteiger partial charge in [0.25, 0.3) is 0 Å². The Labute approximate surface area is 142 Å². The van der Waals surface area contributed by atoms with E-state index in [9.17, 15) is 0 Å². The number of ether oxygens (including phenoxy) is 1. The summed E-state index contributed by atoms with van der Waals surface area (Å²) < 4.78 is 5.98. The molecule has 0 N–H and O–H groups in total. The second kappa shape index (κ2) is 7.02. The molecule has 1 aromatic heterocycles. The van der Waals surface area contributed by atoms with Crippen LogP contribution in [0.2, 0.25) is 0 Å². The van der Waals surface area contributed by atoms with Crippen LogP contribution in [0.4, 0.5) is 5.69 Å². The first-order chi connectivity index (χ1) is 11.9. The van der Waals surface area contributed by atoms with Crippen molar-refractivity contribution >= 4 is 16.6 Å². The van der Waals surface area contributed by atoms with Crippen LogP contribution in [0.15, 0.2) is 66.9 Å². The fourth-order valence-electron chi connectivity index (χ4n) is 3.36. The summed E-state index contributed by atoms with van der Waals surface area (Å²) in [5.41, 5.74) is 3.70. The highest BCUT2D eigenvalue weighted by atomic mass is 16.5. The van der Waals surface area contributed by atoms with Crippen molar-refractivity contribution in [2.75, 3.05) is 24.6 Å². The van der Waals surface area contributed by atoms with Gasteiger partial charge in [-0.25, -0.2) is 0 Å². The first kappa shape index (κ1) is 15.2. The topological polar surface area (TPSA) is 25.4 Å². The summed E-state index contributed by atoms with van der Waals surface area (Å²) in [5.74, 6) is 0. The van der Waals surface area contributed by atoms with Crippen molar-refractivity contribution in [1.82, 2.24) is 4.98 Å². The van der Waals surface area contributed by atoms with E-state index in [1.165, 1.54) is 16.6 Å². The van der Waals surface area contributed by atoms with Crippen molar-refractivity contribution in [3.8, 4) is 0 Å². The minimum absolute atomic E-state index is 0.295. The van der Waals surface area contributed by atoms with Gasteiger partial charge >= 0.3 is 0 Å². The van der Waals surface area contributed by atoms with E-state index in [4.69, 9.17) is 4.74 Å². The van der Waals surface area contributed by atoms with Crippen LogP contribution < -0.4 is 4.90 Å². The molecule has 1 fully saturated rings. The van der Waals surface area contributed by atoms with Gasteiger partial charge in [0.05, 0.1) is 18.2 Å². The maximum atomic E-state index is 5.98. The molecule has 1 aliphatic heterocycles. The number of aromatic nitrogens is 1. The van der Waals surface area contributed by atoms with Crippen LogP contribution in [0.1, 0.15) is 12.0 Å². The smallest absolute Gasteiger partial charge is 0.0754 e. The van der Waals surface area contributed by atoms with E-state index in [0.29, 0.717) is 6.10 Å². The van der Waals surface area contributed by atoms with Gasteiger partial charge in [0.1, 0.15) is 0 Å². The Morgan fingerprint density at radius 3 is 2.88 bits per heavy atom. The van der Waals surface area contributed by atoms with Crippen LogP contribution in [0.3, 0.4) is 0 Å². The summed E-state index contributed by atoms with van der Waals surface area (Å²) in [7, 11) is 0. The molecule has 122 valence electrons. The number of morpholine rings is 1. The summed E-state index contributed by atoms with van der Waals surface area (Å²) in [4.78, 5) is 6.84. The molecule has 0 amide bonds. The molecule has 1 aliphatic rings. The van der Waals surface area contributed by atoms with E-state index in [2.05, 4.69) is 64.5 Å². The highest BCUT2D eigenvalue weighted by molar-refractivity contribution is 5.82. The molecule has 3 aromatic rings. The Kier molecular flexibility index (Phi) is 4.43. The van der Waals surface area contributed by atoms with Crippen molar-refractivity contribution < 1.29 is 4.74 Å². The maximum absolute atomic E-state index is 5.98. The van der Waals surface area contributed by atoms with Crippen molar-refractivity contribution in [3.05, 3.63) is 72.4 Å². The number of benzene rings is 2. The number of fused-ring (bicyclic) bond motifs is 1. The zero-order valence-electron chi connectivity index (χ0n) is 13.8. The molecule has 24 heavy (non-hydrogen) atoms. The largest absolute Gasteiger partial charge is 0.375 e. The highest BCUT2D eigenvalue weighted by Gasteiger charge is 2.20. The summed E-state index contributed by atoms with van der Waals surface area (Å²) in [6, 6.07) is 21.3. The predicted molar refractivity (Wildman–Crippen MR) is 98.5 cm³/mol. The van der Waals surface area contributed by atoms with Crippen LogP contribution in [0.25, 0.3) is 10.9 Å². The molecule has 0 spiro atoms. The van der Waals surface area contributed by atoms with E-state index in [1.807, 2.05) is 12.3 Å². The molecule has 4 rings (SSSR count). The fourth-order valence-corrected chi connectivity index (χ4v) is 3.36. The summed E-state index contributed by atoms with van der Waals surface area (Å²) >= 11 is 0. The van der Waals surface area contributed by atoms with Crippen LogP contribution in [0.5, 0.6) is 0 Å². The third-order valence-electron chi connectivity index (χ3n) is 4.69. The molecule has 0 bridgehead atoms. The van der Waals surface area contributed by atoms with Gasteiger partial charge in [-0.05, 0) is 42.7 Å². The lowest BCUT2D eigenvalue weighted by molar-refractivity contribution is 0.0355. The molecule has 1 atom stereocenters. The number of nitrogens with zero attached hydrogens (tertiary/aromatic N) is 2. The van der Waals surface area contributed by atoms with Gasteiger partial charge in [-0.2, -0.15) is 0 Å². The number of anilines is 1. The minimum atomic E-state index is 0.295. The van der Waals surface area contributed by atoms with Crippen molar-refractivity contribution in [3.63, 3.8) is 0 Å². The van der Waals surface area contributed by atoms with Crippen molar-refractivity contribution in [2.45, 2.75) is 18.9 Å². The standard InChI is InChI=1S/C21H22N2O/c1-2-5-17(6-3-1)8-10-20-16-23(13-14-24-20)19-9-11-21-18(15-19)7-4-12-22-21/h1-7,9,11-12,15,20H,8,10,13-14,16H2.